The molecule has 0 unspecified atom stereocenters. The van der Waals surface area contributed by atoms with E-state index in [-0.39, 0.29) is 5.91 Å². The number of carbonyl (C=O) groups is 1. The highest BCUT2D eigenvalue weighted by Gasteiger charge is 2.07. The van der Waals surface area contributed by atoms with Crippen LogP contribution in [0.5, 0.6) is 0 Å². The summed E-state index contributed by atoms with van der Waals surface area (Å²) < 4.78 is 1.08. The summed E-state index contributed by atoms with van der Waals surface area (Å²) in [5.74, 6) is -0.128. The fraction of sp³-hybridized carbons (Fsp3) is 0.0714. The molecule has 1 amide bonds. The van der Waals surface area contributed by atoms with Crippen molar-refractivity contribution in [3.05, 3.63) is 62.2 Å². The van der Waals surface area contributed by atoms with Gasteiger partial charge in [0.05, 0.1) is 0 Å². The molecule has 4 heteroatoms. The summed E-state index contributed by atoms with van der Waals surface area (Å²) in [6, 6.07) is 12.9. The van der Waals surface area contributed by atoms with Crippen LogP contribution < -0.4 is 5.32 Å². The van der Waals surface area contributed by atoms with Gasteiger partial charge in [0.1, 0.15) is 0 Å². The van der Waals surface area contributed by atoms with Crippen LogP contribution in [-0.2, 0) is 0 Å². The largest absolute Gasteiger partial charge is 0.322 e. The number of carbonyl (C=O) groups excluding carboxylic acids is 1. The summed E-state index contributed by atoms with van der Waals surface area (Å²) in [6.45, 7) is 1.88. The van der Waals surface area contributed by atoms with Crippen LogP contribution in [0.25, 0.3) is 0 Å². The molecule has 0 heterocycles. The normalized spacial score (nSPS) is 10.2. The van der Waals surface area contributed by atoms with Crippen molar-refractivity contribution in [2.45, 2.75) is 6.92 Å². The Morgan fingerprint density at radius 3 is 2.67 bits per heavy atom. The summed E-state index contributed by atoms with van der Waals surface area (Å²) >= 11 is 8.14. The van der Waals surface area contributed by atoms with Gasteiger partial charge < -0.3 is 5.32 Å². The first-order chi connectivity index (χ1) is 8.56. The lowest BCUT2D eigenvalue weighted by Gasteiger charge is -2.07. The third kappa shape index (κ3) is 3.23. The molecule has 0 spiro atoms. The lowest BCUT2D eigenvalue weighted by molar-refractivity contribution is 0.102. The molecule has 0 saturated heterocycles. The van der Waals surface area contributed by atoms with Crippen molar-refractivity contribution < 1.29 is 4.79 Å². The van der Waals surface area contributed by atoms with Crippen molar-refractivity contribution in [3.8, 4) is 0 Å². The molecule has 0 bridgehead atoms. The molecule has 0 saturated carbocycles. The average Bonchev–Trinajstić information content (AvgIpc) is 2.32. The third-order valence-corrected chi connectivity index (χ3v) is 3.60. The molecule has 0 aliphatic rings. The lowest BCUT2D eigenvalue weighted by Crippen LogP contribution is -2.12. The maximum Gasteiger partial charge on any atom is 0.255 e. The number of amides is 1. The van der Waals surface area contributed by atoms with Crippen LogP contribution >= 0.6 is 34.2 Å². The number of hydrogen-bond acceptors (Lipinski definition) is 1. The molecule has 2 aromatic rings. The first-order valence-corrected chi connectivity index (χ1v) is 6.85. The van der Waals surface area contributed by atoms with E-state index in [0.29, 0.717) is 10.6 Å². The van der Waals surface area contributed by atoms with Crippen molar-refractivity contribution in [1.82, 2.24) is 0 Å². The van der Waals surface area contributed by atoms with Crippen molar-refractivity contribution >= 4 is 45.8 Å². The monoisotopic (exact) mass is 371 g/mol. The Balaban J connectivity index is 2.19. The van der Waals surface area contributed by atoms with Gasteiger partial charge >= 0.3 is 0 Å². The van der Waals surface area contributed by atoms with E-state index < -0.39 is 0 Å². The number of aryl methyl sites for hydroxylation is 1. The van der Waals surface area contributed by atoms with E-state index in [1.807, 2.05) is 31.2 Å². The minimum absolute atomic E-state index is 0.128. The van der Waals surface area contributed by atoms with Crippen molar-refractivity contribution in [2.24, 2.45) is 0 Å². The molecule has 2 nitrogen and oxygen atoms in total. The fourth-order valence-corrected chi connectivity index (χ4v) is 2.22. The average molecular weight is 372 g/mol. The number of hydrogen-bond donors (Lipinski definition) is 1. The second-order valence-electron chi connectivity index (χ2n) is 3.93. The van der Waals surface area contributed by atoms with Gasteiger partial charge in [-0.25, -0.2) is 0 Å². The summed E-state index contributed by atoms with van der Waals surface area (Å²) in [4.78, 5) is 12.0. The van der Waals surface area contributed by atoms with Crippen molar-refractivity contribution in [2.75, 3.05) is 5.32 Å². The molecular weight excluding hydrogens is 361 g/mol. The Kier molecular flexibility index (Phi) is 4.24. The van der Waals surface area contributed by atoms with Crippen molar-refractivity contribution in [1.29, 1.82) is 0 Å². The number of anilines is 1. The molecule has 2 rings (SSSR count). The first kappa shape index (κ1) is 13.4. The molecule has 0 aromatic heterocycles. The predicted molar refractivity (Wildman–Crippen MR) is 83.3 cm³/mol. The van der Waals surface area contributed by atoms with Gasteiger partial charge in [0.15, 0.2) is 0 Å². The second kappa shape index (κ2) is 5.71. The molecule has 1 N–H and O–H groups in total. The number of halogens is 2. The Labute approximate surface area is 124 Å². The van der Waals surface area contributed by atoms with E-state index >= 15 is 0 Å². The summed E-state index contributed by atoms with van der Waals surface area (Å²) in [5, 5.41) is 3.53. The van der Waals surface area contributed by atoms with Crippen molar-refractivity contribution in [3.63, 3.8) is 0 Å². The quantitative estimate of drug-likeness (QED) is 0.774. The van der Waals surface area contributed by atoms with Crippen LogP contribution in [0, 0.1) is 10.5 Å². The SMILES string of the molecule is Cc1cc(C(=O)Nc2cccc(I)c2)ccc1Cl. The van der Waals surface area contributed by atoms with Gasteiger partial charge in [-0.05, 0) is 71.5 Å². The highest BCUT2D eigenvalue weighted by Crippen LogP contribution is 2.18. The zero-order chi connectivity index (χ0) is 13.1. The topological polar surface area (TPSA) is 29.1 Å². The standard InChI is InChI=1S/C14H11ClINO/c1-9-7-10(5-6-13(9)15)14(18)17-12-4-2-3-11(16)8-12/h2-8H,1H3,(H,17,18). The van der Waals surface area contributed by atoms with E-state index in [2.05, 4.69) is 27.9 Å². The highest BCUT2D eigenvalue weighted by molar-refractivity contribution is 14.1. The highest BCUT2D eigenvalue weighted by atomic mass is 127. The van der Waals surface area contributed by atoms with Gasteiger partial charge in [-0.15, -0.1) is 0 Å². The molecule has 0 radical (unpaired) electrons. The van der Waals surface area contributed by atoms with Gasteiger partial charge in [-0.2, -0.15) is 0 Å². The predicted octanol–water partition coefficient (Wildman–Crippen LogP) is 4.51. The zero-order valence-electron chi connectivity index (χ0n) is 9.71. The van der Waals surface area contributed by atoms with Gasteiger partial charge in [-0.1, -0.05) is 17.7 Å². The van der Waals surface area contributed by atoms with Crippen LogP contribution in [-0.4, -0.2) is 5.91 Å². The minimum Gasteiger partial charge on any atom is -0.322 e. The van der Waals surface area contributed by atoms with Crippen LogP contribution in [0.2, 0.25) is 5.02 Å². The van der Waals surface area contributed by atoms with Crippen LogP contribution in [0.3, 0.4) is 0 Å². The number of nitrogens with one attached hydrogen (secondary N) is 1. The molecule has 0 atom stereocenters. The Hall–Kier alpha value is -1.07. The van der Waals surface area contributed by atoms with Crippen LogP contribution in [0.1, 0.15) is 15.9 Å². The number of benzene rings is 2. The third-order valence-electron chi connectivity index (χ3n) is 2.50. The second-order valence-corrected chi connectivity index (χ2v) is 5.58. The Morgan fingerprint density at radius 1 is 1.22 bits per heavy atom. The smallest absolute Gasteiger partial charge is 0.255 e. The lowest BCUT2D eigenvalue weighted by atomic mass is 10.1. The van der Waals surface area contributed by atoms with E-state index in [1.165, 1.54) is 0 Å². The van der Waals surface area contributed by atoms with E-state index in [9.17, 15) is 4.79 Å². The van der Waals surface area contributed by atoms with Gasteiger partial charge in [0.25, 0.3) is 5.91 Å². The first-order valence-electron chi connectivity index (χ1n) is 5.39. The summed E-state index contributed by atoms with van der Waals surface area (Å²) in [5.41, 5.74) is 2.29. The molecular formula is C14H11ClINO. The molecule has 0 aliphatic heterocycles. The minimum atomic E-state index is -0.128. The van der Waals surface area contributed by atoms with E-state index in [1.54, 1.807) is 18.2 Å². The Morgan fingerprint density at radius 2 is 2.00 bits per heavy atom. The molecule has 92 valence electrons. The van der Waals surface area contributed by atoms with Gasteiger partial charge in [-0.3, -0.25) is 4.79 Å². The Bertz CT molecular complexity index is 598. The maximum absolute atomic E-state index is 12.0. The van der Waals surface area contributed by atoms with Crippen LogP contribution in [0.15, 0.2) is 42.5 Å². The fourth-order valence-electron chi connectivity index (χ4n) is 1.56. The summed E-state index contributed by atoms with van der Waals surface area (Å²) in [7, 11) is 0. The summed E-state index contributed by atoms with van der Waals surface area (Å²) in [6.07, 6.45) is 0. The molecule has 18 heavy (non-hydrogen) atoms. The number of rotatable bonds is 2. The van der Waals surface area contributed by atoms with E-state index in [4.69, 9.17) is 11.6 Å². The van der Waals surface area contributed by atoms with Crippen LogP contribution in [0.4, 0.5) is 5.69 Å². The van der Waals surface area contributed by atoms with Gasteiger partial charge in [0.2, 0.25) is 0 Å². The molecule has 0 fully saturated rings. The van der Waals surface area contributed by atoms with E-state index in [0.717, 1.165) is 14.8 Å². The molecule has 0 aliphatic carbocycles. The maximum atomic E-state index is 12.0. The van der Waals surface area contributed by atoms with Gasteiger partial charge in [0, 0.05) is 19.8 Å². The molecule has 2 aromatic carbocycles. The zero-order valence-corrected chi connectivity index (χ0v) is 12.6.